The first-order chi connectivity index (χ1) is 8.33. The molecule has 0 aromatic heterocycles. The van der Waals surface area contributed by atoms with Gasteiger partial charge in [-0.3, -0.25) is 0 Å². The fourth-order valence-corrected chi connectivity index (χ4v) is 3.67. The van der Waals surface area contributed by atoms with Crippen LogP contribution in [0.4, 0.5) is 0 Å². The van der Waals surface area contributed by atoms with Gasteiger partial charge in [-0.25, -0.2) is 0 Å². The van der Waals surface area contributed by atoms with Crippen molar-refractivity contribution in [2.45, 2.75) is 56.4 Å². The smallest absolute Gasteiger partial charge is 0.0165 e. The molecule has 0 bridgehead atoms. The van der Waals surface area contributed by atoms with Crippen LogP contribution in [0.2, 0.25) is 0 Å². The molecule has 0 heterocycles. The van der Waals surface area contributed by atoms with Crippen LogP contribution in [0.3, 0.4) is 0 Å². The van der Waals surface area contributed by atoms with E-state index in [4.69, 9.17) is 5.73 Å². The summed E-state index contributed by atoms with van der Waals surface area (Å²) in [6, 6.07) is 11.4. The van der Waals surface area contributed by atoms with Gasteiger partial charge in [-0.15, -0.1) is 0 Å². The molecule has 1 aromatic carbocycles. The summed E-state index contributed by atoms with van der Waals surface area (Å²) in [4.78, 5) is 0. The largest absolute Gasteiger partial charge is 0.327 e. The standard InChI is InChI=1S/C16H23N/c17-15(13-9-10-13)16(11-5-2-6-12-16)14-7-3-1-4-8-14/h1,3-4,7-8,13,15H,2,5-6,9-12,17H2. The van der Waals surface area contributed by atoms with Crippen molar-refractivity contribution < 1.29 is 0 Å². The molecule has 0 radical (unpaired) electrons. The van der Waals surface area contributed by atoms with Crippen LogP contribution in [0.5, 0.6) is 0 Å². The Morgan fingerprint density at radius 3 is 2.24 bits per heavy atom. The van der Waals surface area contributed by atoms with E-state index < -0.39 is 0 Å². The van der Waals surface area contributed by atoms with E-state index in [1.54, 1.807) is 0 Å². The quantitative estimate of drug-likeness (QED) is 0.841. The Labute approximate surface area is 104 Å². The third-order valence-corrected chi connectivity index (χ3v) is 4.86. The molecule has 17 heavy (non-hydrogen) atoms. The maximum atomic E-state index is 6.62. The van der Waals surface area contributed by atoms with Gasteiger partial charge >= 0.3 is 0 Å². The summed E-state index contributed by atoms with van der Waals surface area (Å²) in [5.41, 5.74) is 8.41. The molecule has 0 aliphatic heterocycles. The van der Waals surface area contributed by atoms with Gasteiger partial charge < -0.3 is 5.73 Å². The molecular weight excluding hydrogens is 206 g/mol. The fourth-order valence-electron chi connectivity index (χ4n) is 3.67. The second kappa shape index (κ2) is 4.45. The van der Waals surface area contributed by atoms with Crippen molar-refractivity contribution in [3.8, 4) is 0 Å². The summed E-state index contributed by atoms with van der Waals surface area (Å²) in [7, 11) is 0. The highest BCUT2D eigenvalue weighted by molar-refractivity contribution is 5.29. The van der Waals surface area contributed by atoms with Gasteiger partial charge in [0.1, 0.15) is 0 Å². The zero-order valence-electron chi connectivity index (χ0n) is 10.6. The molecule has 2 N–H and O–H groups in total. The van der Waals surface area contributed by atoms with Crippen LogP contribution in [0.25, 0.3) is 0 Å². The first-order valence-electron chi connectivity index (χ1n) is 7.14. The molecule has 2 aliphatic carbocycles. The highest BCUT2D eigenvalue weighted by Crippen LogP contribution is 2.48. The topological polar surface area (TPSA) is 26.0 Å². The number of hydrogen-bond donors (Lipinski definition) is 1. The van der Waals surface area contributed by atoms with E-state index in [2.05, 4.69) is 30.3 Å². The average Bonchev–Trinajstić information content (AvgIpc) is 3.24. The Bertz CT molecular complexity index is 360. The van der Waals surface area contributed by atoms with Crippen LogP contribution in [0, 0.1) is 5.92 Å². The van der Waals surface area contributed by atoms with Crippen molar-refractivity contribution in [2.75, 3.05) is 0 Å². The zero-order valence-corrected chi connectivity index (χ0v) is 10.6. The van der Waals surface area contributed by atoms with E-state index in [0.29, 0.717) is 11.5 Å². The minimum atomic E-state index is 0.292. The molecule has 3 rings (SSSR count). The van der Waals surface area contributed by atoms with Crippen molar-refractivity contribution in [2.24, 2.45) is 11.7 Å². The van der Waals surface area contributed by atoms with E-state index in [0.717, 1.165) is 5.92 Å². The van der Waals surface area contributed by atoms with Gasteiger partial charge in [0, 0.05) is 11.5 Å². The van der Waals surface area contributed by atoms with Crippen molar-refractivity contribution in [3.05, 3.63) is 35.9 Å². The molecule has 0 saturated heterocycles. The van der Waals surface area contributed by atoms with Gasteiger partial charge in [-0.2, -0.15) is 0 Å². The van der Waals surface area contributed by atoms with Crippen molar-refractivity contribution >= 4 is 0 Å². The maximum Gasteiger partial charge on any atom is 0.0165 e. The predicted molar refractivity (Wildman–Crippen MR) is 71.9 cm³/mol. The van der Waals surface area contributed by atoms with Crippen molar-refractivity contribution in [1.82, 2.24) is 0 Å². The molecule has 2 aliphatic rings. The van der Waals surface area contributed by atoms with E-state index in [1.807, 2.05) is 0 Å². The molecule has 1 atom stereocenters. The Morgan fingerprint density at radius 1 is 1.00 bits per heavy atom. The third-order valence-electron chi connectivity index (χ3n) is 4.86. The summed E-state index contributed by atoms with van der Waals surface area (Å²) in [5.74, 6) is 0.799. The maximum absolute atomic E-state index is 6.62. The van der Waals surface area contributed by atoms with Gasteiger partial charge in [0.15, 0.2) is 0 Å². The molecule has 92 valence electrons. The molecule has 1 unspecified atom stereocenters. The summed E-state index contributed by atoms with van der Waals surface area (Å²) in [6.07, 6.45) is 9.42. The summed E-state index contributed by atoms with van der Waals surface area (Å²) < 4.78 is 0. The van der Waals surface area contributed by atoms with Crippen LogP contribution in [0.1, 0.15) is 50.5 Å². The number of rotatable bonds is 3. The van der Waals surface area contributed by atoms with E-state index >= 15 is 0 Å². The first-order valence-corrected chi connectivity index (χ1v) is 7.14. The molecule has 0 spiro atoms. The predicted octanol–water partition coefficient (Wildman–Crippen LogP) is 3.63. The van der Waals surface area contributed by atoms with Gasteiger partial charge in [0.25, 0.3) is 0 Å². The zero-order chi connectivity index (χ0) is 11.7. The lowest BCUT2D eigenvalue weighted by Gasteiger charge is -2.43. The van der Waals surface area contributed by atoms with Gasteiger partial charge in [-0.1, -0.05) is 49.6 Å². The molecule has 2 fully saturated rings. The van der Waals surface area contributed by atoms with Crippen LogP contribution in [0.15, 0.2) is 30.3 Å². The number of nitrogens with two attached hydrogens (primary N) is 1. The second-order valence-electron chi connectivity index (χ2n) is 5.95. The Kier molecular flexibility index (Phi) is 2.96. The van der Waals surface area contributed by atoms with Gasteiger partial charge in [0.2, 0.25) is 0 Å². The number of hydrogen-bond acceptors (Lipinski definition) is 1. The average molecular weight is 229 g/mol. The minimum Gasteiger partial charge on any atom is -0.327 e. The Hall–Kier alpha value is -0.820. The lowest BCUT2D eigenvalue weighted by Crippen LogP contribution is -2.48. The van der Waals surface area contributed by atoms with Crippen molar-refractivity contribution in [1.29, 1.82) is 0 Å². The summed E-state index contributed by atoms with van der Waals surface area (Å²) in [5, 5.41) is 0. The lowest BCUT2D eigenvalue weighted by atomic mass is 9.64. The molecular formula is C16H23N. The van der Waals surface area contributed by atoms with Crippen LogP contribution in [-0.2, 0) is 5.41 Å². The molecule has 0 amide bonds. The number of benzene rings is 1. The highest BCUT2D eigenvalue weighted by Gasteiger charge is 2.45. The first kappa shape index (κ1) is 11.3. The van der Waals surface area contributed by atoms with Crippen molar-refractivity contribution in [3.63, 3.8) is 0 Å². The van der Waals surface area contributed by atoms with Gasteiger partial charge in [-0.05, 0) is 37.2 Å². The second-order valence-corrected chi connectivity index (χ2v) is 5.95. The van der Waals surface area contributed by atoms with Crippen LogP contribution < -0.4 is 5.73 Å². The summed E-state index contributed by atoms with van der Waals surface area (Å²) >= 11 is 0. The van der Waals surface area contributed by atoms with E-state index in [9.17, 15) is 0 Å². The third kappa shape index (κ3) is 2.01. The van der Waals surface area contributed by atoms with Crippen LogP contribution in [-0.4, -0.2) is 6.04 Å². The van der Waals surface area contributed by atoms with Crippen LogP contribution >= 0.6 is 0 Å². The van der Waals surface area contributed by atoms with E-state index in [-0.39, 0.29) is 0 Å². The molecule has 1 aromatic rings. The molecule has 1 nitrogen and oxygen atoms in total. The molecule has 2 saturated carbocycles. The highest BCUT2D eigenvalue weighted by atomic mass is 14.7. The minimum absolute atomic E-state index is 0.292. The fraction of sp³-hybridized carbons (Fsp3) is 0.625. The SMILES string of the molecule is NC(C1CC1)C1(c2ccccc2)CCCCC1. The summed E-state index contributed by atoms with van der Waals surface area (Å²) in [6.45, 7) is 0. The lowest BCUT2D eigenvalue weighted by molar-refractivity contribution is 0.226. The Morgan fingerprint density at radius 2 is 1.65 bits per heavy atom. The normalized spacial score (nSPS) is 25.5. The Balaban J connectivity index is 1.94. The monoisotopic (exact) mass is 229 g/mol. The molecule has 1 heteroatoms. The van der Waals surface area contributed by atoms with E-state index in [1.165, 1.54) is 50.5 Å². The van der Waals surface area contributed by atoms with Gasteiger partial charge in [0.05, 0.1) is 0 Å².